The van der Waals surface area contributed by atoms with Crippen molar-refractivity contribution < 1.29 is 4.79 Å². The maximum Gasteiger partial charge on any atom is 0.239 e. The number of nitrogens with zero attached hydrogens (tertiary/aromatic N) is 1. The Balaban J connectivity index is 0.00000200. The Morgan fingerprint density at radius 2 is 1.60 bits per heavy atom. The molecule has 3 nitrogen and oxygen atoms in total. The van der Waals surface area contributed by atoms with Crippen molar-refractivity contribution in [3.8, 4) is 0 Å². The maximum absolute atomic E-state index is 12.4. The Morgan fingerprint density at radius 1 is 1.05 bits per heavy atom. The van der Waals surface area contributed by atoms with Gasteiger partial charge < -0.3 is 10.6 Å². The Bertz CT molecular complexity index is 389. The van der Waals surface area contributed by atoms with Crippen molar-refractivity contribution in [2.75, 3.05) is 13.1 Å². The second kappa shape index (κ2) is 8.98. The van der Waals surface area contributed by atoms with Crippen LogP contribution in [0.3, 0.4) is 0 Å². The highest BCUT2D eigenvalue weighted by atomic mass is 35.5. The first-order valence-corrected chi connectivity index (χ1v) is 7.35. The van der Waals surface area contributed by atoms with Crippen LogP contribution in [0.25, 0.3) is 0 Å². The molecule has 0 radical (unpaired) electrons. The first-order chi connectivity index (χ1) is 9.27. The van der Waals surface area contributed by atoms with Gasteiger partial charge in [0.2, 0.25) is 5.91 Å². The third kappa shape index (κ3) is 5.14. The fourth-order valence-corrected chi connectivity index (χ4v) is 2.66. The molecule has 1 heterocycles. The summed E-state index contributed by atoms with van der Waals surface area (Å²) in [5, 5.41) is 0. The molecule has 4 heteroatoms. The van der Waals surface area contributed by atoms with Gasteiger partial charge in [0.25, 0.3) is 0 Å². The number of halogens is 1. The Hall–Kier alpha value is -1.06. The summed E-state index contributed by atoms with van der Waals surface area (Å²) in [7, 11) is 0. The number of rotatable bonds is 3. The molecule has 1 aromatic carbocycles. The molecule has 2 N–H and O–H groups in total. The van der Waals surface area contributed by atoms with E-state index in [1.54, 1.807) is 0 Å². The van der Waals surface area contributed by atoms with Crippen LogP contribution in [0.2, 0.25) is 0 Å². The maximum atomic E-state index is 12.4. The van der Waals surface area contributed by atoms with Gasteiger partial charge in [0.05, 0.1) is 6.04 Å². The van der Waals surface area contributed by atoms with E-state index in [0.29, 0.717) is 6.42 Å². The number of likely N-dealkylation sites (tertiary alicyclic amines) is 1. The summed E-state index contributed by atoms with van der Waals surface area (Å²) in [5.74, 6) is 0.116. The number of hydrogen-bond donors (Lipinski definition) is 1. The first-order valence-electron chi connectivity index (χ1n) is 7.35. The van der Waals surface area contributed by atoms with Crippen molar-refractivity contribution in [3.05, 3.63) is 35.9 Å². The molecular formula is C16H25ClN2O. The van der Waals surface area contributed by atoms with Crippen molar-refractivity contribution in [1.82, 2.24) is 4.90 Å². The van der Waals surface area contributed by atoms with Crippen LogP contribution in [-0.2, 0) is 11.2 Å². The van der Waals surface area contributed by atoms with Crippen molar-refractivity contribution in [1.29, 1.82) is 0 Å². The Kier molecular flexibility index (Phi) is 7.63. The molecule has 1 amide bonds. The molecule has 1 aliphatic rings. The van der Waals surface area contributed by atoms with Gasteiger partial charge in [-0.05, 0) is 24.8 Å². The summed E-state index contributed by atoms with van der Waals surface area (Å²) in [6, 6.07) is 9.61. The van der Waals surface area contributed by atoms with Gasteiger partial charge in [0.15, 0.2) is 0 Å². The van der Waals surface area contributed by atoms with Crippen LogP contribution < -0.4 is 5.73 Å². The van der Waals surface area contributed by atoms with Gasteiger partial charge in [-0.15, -0.1) is 12.4 Å². The third-order valence-electron chi connectivity index (χ3n) is 3.78. The van der Waals surface area contributed by atoms with Gasteiger partial charge in [-0.25, -0.2) is 0 Å². The predicted molar refractivity (Wildman–Crippen MR) is 85.0 cm³/mol. The summed E-state index contributed by atoms with van der Waals surface area (Å²) in [6.07, 6.45) is 6.64. The molecule has 1 aromatic rings. The molecule has 0 aromatic heterocycles. The van der Waals surface area contributed by atoms with Crippen molar-refractivity contribution >= 4 is 18.3 Å². The van der Waals surface area contributed by atoms with E-state index in [2.05, 4.69) is 0 Å². The zero-order valence-electron chi connectivity index (χ0n) is 12.0. The van der Waals surface area contributed by atoms with Crippen molar-refractivity contribution in [2.24, 2.45) is 5.73 Å². The molecule has 1 fully saturated rings. The van der Waals surface area contributed by atoms with E-state index < -0.39 is 6.04 Å². The lowest BCUT2D eigenvalue weighted by atomic mass is 10.0. The number of carbonyl (C=O) groups is 1. The summed E-state index contributed by atoms with van der Waals surface area (Å²) in [6.45, 7) is 1.75. The van der Waals surface area contributed by atoms with Gasteiger partial charge in [0.1, 0.15) is 0 Å². The minimum Gasteiger partial charge on any atom is -0.341 e. The van der Waals surface area contributed by atoms with Gasteiger partial charge in [-0.3, -0.25) is 4.79 Å². The predicted octanol–water partition coefficient (Wildman–Crippen LogP) is 2.77. The highest BCUT2D eigenvalue weighted by Crippen LogP contribution is 2.12. The number of nitrogens with two attached hydrogens (primary N) is 1. The monoisotopic (exact) mass is 296 g/mol. The number of hydrogen-bond acceptors (Lipinski definition) is 2. The van der Waals surface area contributed by atoms with Gasteiger partial charge >= 0.3 is 0 Å². The van der Waals surface area contributed by atoms with E-state index in [4.69, 9.17) is 5.73 Å². The fraction of sp³-hybridized carbons (Fsp3) is 0.562. The lowest BCUT2D eigenvalue weighted by molar-refractivity contribution is -0.132. The molecule has 1 atom stereocenters. The first kappa shape index (κ1) is 17.0. The SMILES string of the molecule is Cl.NC(Cc1ccccc1)C(=O)N1CCCCCCC1. The number of amides is 1. The fourth-order valence-electron chi connectivity index (χ4n) is 2.66. The van der Waals surface area contributed by atoms with E-state index in [1.165, 1.54) is 19.3 Å². The highest BCUT2D eigenvalue weighted by molar-refractivity contribution is 5.85. The van der Waals surface area contributed by atoms with Gasteiger partial charge in [-0.2, -0.15) is 0 Å². The van der Waals surface area contributed by atoms with Gasteiger partial charge in [-0.1, -0.05) is 49.6 Å². The second-order valence-corrected chi connectivity index (χ2v) is 5.39. The molecule has 112 valence electrons. The average Bonchev–Trinajstić information content (AvgIpc) is 2.39. The second-order valence-electron chi connectivity index (χ2n) is 5.39. The van der Waals surface area contributed by atoms with E-state index >= 15 is 0 Å². The minimum absolute atomic E-state index is 0. The molecule has 0 aliphatic carbocycles. The molecule has 0 bridgehead atoms. The number of benzene rings is 1. The van der Waals surface area contributed by atoms with Gasteiger partial charge in [0, 0.05) is 13.1 Å². The quantitative estimate of drug-likeness (QED) is 0.932. The average molecular weight is 297 g/mol. The topological polar surface area (TPSA) is 46.3 Å². The van der Waals surface area contributed by atoms with Crippen LogP contribution in [0.1, 0.15) is 37.7 Å². The standard InChI is InChI=1S/C16H24N2O.ClH/c17-15(13-14-9-5-4-6-10-14)16(19)18-11-7-2-1-3-8-12-18;/h4-6,9-10,15H,1-3,7-8,11-13,17H2;1H. The lowest BCUT2D eigenvalue weighted by Crippen LogP contribution is -2.46. The summed E-state index contributed by atoms with van der Waals surface area (Å²) >= 11 is 0. The molecule has 2 rings (SSSR count). The molecule has 20 heavy (non-hydrogen) atoms. The Morgan fingerprint density at radius 3 is 2.20 bits per heavy atom. The van der Waals surface area contributed by atoms with E-state index in [0.717, 1.165) is 31.5 Å². The zero-order chi connectivity index (χ0) is 13.5. The zero-order valence-corrected chi connectivity index (χ0v) is 12.8. The summed E-state index contributed by atoms with van der Waals surface area (Å²) in [5.41, 5.74) is 7.21. The van der Waals surface area contributed by atoms with E-state index in [9.17, 15) is 4.79 Å². The number of carbonyl (C=O) groups excluding carboxylic acids is 1. The lowest BCUT2D eigenvalue weighted by Gasteiger charge is -2.27. The van der Waals surface area contributed by atoms with Crippen LogP contribution in [0.15, 0.2) is 30.3 Å². The molecule has 1 aliphatic heterocycles. The molecule has 1 unspecified atom stereocenters. The molecule has 0 saturated carbocycles. The smallest absolute Gasteiger partial charge is 0.239 e. The van der Waals surface area contributed by atoms with Crippen LogP contribution in [0.4, 0.5) is 0 Å². The molecule has 0 spiro atoms. The third-order valence-corrected chi connectivity index (χ3v) is 3.78. The summed E-state index contributed by atoms with van der Waals surface area (Å²) in [4.78, 5) is 14.3. The Labute approximate surface area is 127 Å². The molecular weight excluding hydrogens is 272 g/mol. The van der Waals surface area contributed by atoms with E-state index in [-0.39, 0.29) is 18.3 Å². The summed E-state index contributed by atoms with van der Waals surface area (Å²) < 4.78 is 0. The van der Waals surface area contributed by atoms with Crippen molar-refractivity contribution in [2.45, 2.75) is 44.6 Å². The molecule has 1 saturated heterocycles. The van der Waals surface area contributed by atoms with Crippen LogP contribution >= 0.6 is 12.4 Å². The normalized spacial score (nSPS) is 17.6. The largest absolute Gasteiger partial charge is 0.341 e. The van der Waals surface area contributed by atoms with Crippen LogP contribution in [-0.4, -0.2) is 29.9 Å². The van der Waals surface area contributed by atoms with Crippen LogP contribution in [0.5, 0.6) is 0 Å². The minimum atomic E-state index is -0.401. The highest BCUT2D eigenvalue weighted by Gasteiger charge is 2.21. The van der Waals surface area contributed by atoms with Crippen LogP contribution in [0, 0.1) is 0 Å². The van der Waals surface area contributed by atoms with E-state index in [1.807, 2.05) is 35.2 Å². The van der Waals surface area contributed by atoms with Crippen molar-refractivity contribution in [3.63, 3.8) is 0 Å².